The van der Waals surface area contributed by atoms with Crippen LogP contribution in [0.3, 0.4) is 0 Å². The lowest BCUT2D eigenvalue weighted by molar-refractivity contribution is 0.0890. The van der Waals surface area contributed by atoms with Crippen LogP contribution in [0.5, 0.6) is 0 Å². The zero-order valence-electron chi connectivity index (χ0n) is 8.52. The molecule has 0 bridgehead atoms. The first kappa shape index (κ1) is 9.74. The van der Waals surface area contributed by atoms with Crippen LogP contribution in [0.1, 0.15) is 24.6 Å². The lowest BCUT2D eigenvalue weighted by Gasteiger charge is -2.35. The molecule has 3 heteroatoms. The van der Waals surface area contributed by atoms with Crippen LogP contribution in [0.4, 0.5) is 0 Å². The maximum Gasteiger partial charge on any atom is 0.120 e. The van der Waals surface area contributed by atoms with Gasteiger partial charge in [-0.1, -0.05) is 0 Å². The summed E-state index contributed by atoms with van der Waals surface area (Å²) in [5, 5.41) is 9.14. The second kappa shape index (κ2) is 4.15. The Kier molecular flexibility index (Phi) is 2.89. The molecule has 2 unspecified atom stereocenters. The van der Waals surface area contributed by atoms with E-state index in [4.69, 9.17) is 9.52 Å². The van der Waals surface area contributed by atoms with Crippen LogP contribution < -0.4 is 0 Å². The summed E-state index contributed by atoms with van der Waals surface area (Å²) in [5.74, 6) is 1.45. The number of hydrogen-bond acceptors (Lipinski definition) is 3. The summed E-state index contributed by atoms with van der Waals surface area (Å²) in [5.41, 5.74) is 0. The van der Waals surface area contributed by atoms with Gasteiger partial charge in [0.2, 0.25) is 0 Å². The van der Waals surface area contributed by atoms with E-state index in [1.54, 1.807) is 6.26 Å². The Balaban J connectivity index is 2.09. The minimum atomic E-state index is 0.297. The quantitative estimate of drug-likeness (QED) is 0.779. The molecule has 0 saturated carbocycles. The first-order chi connectivity index (χ1) is 6.81. The standard InChI is InChI=1S/C11H17NO2/c1-12-5-4-9(8-13)7-10(12)11-3-2-6-14-11/h2-3,6,9-10,13H,4-5,7-8H2,1H3. The molecular formula is C11H17NO2. The summed E-state index contributed by atoms with van der Waals surface area (Å²) in [6.45, 7) is 1.33. The topological polar surface area (TPSA) is 36.6 Å². The summed E-state index contributed by atoms with van der Waals surface area (Å²) in [6, 6.07) is 4.28. The fourth-order valence-electron chi connectivity index (χ4n) is 2.14. The molecule has 1 aromatic rings. The number of nitrogens with zero attached hydrogens (tertiary/aromatic N) is 1. The Bertz CT molecular complexity index is 271. The van der Waals surface area contributed by atoms with Crippen molar-refractivity contribution in [3.63, 3.8) is 0 Å². The third-order valence-corrected chi connectivity index (χ3v) is 3.11. The predicted molar refractivity (Wildman–Crippen MR) is 53.9 cm³/mol. The Morgan fingerprint density at radius 2 is 2.50 bits per heavy atom. The summed E-state index contributed by atoms with van der Waals surface area (Å²) < 4.78 is 5.41. The van der Waals surface area contributed by atoms with Crippen LogP contribution in [-0.2, 0) is 0 Å². The SMILES string of the molecule is CN1CCC(CO)CC1c1ccco1. The van der Waals surface area contributed by atoms with Crippen LogP contribution in [-0.4, -0.2) is 30.2 Å². The smallest absolute Gasteiger partial charge is 0.120 e. The maximum absolute atomic E-state index is 9.14. The zero-order chi connectivity index (χ0) is 9.97. The van der Waals surface area contributed by atoms with Gasteiger partial charge in [-0.25, -0.2) is 0 Å². The van der Waals surface area contributed by atoms with Gasteiger partial charge < -0.3 is 9.52 Å². The third kappa shape index (κ3) is 1.83. The fraction of sp³-hybridized carbons (Fsp3) is 0.636. The van der Waals surface area contributed by atoms with E-state index < -0.39 is 0 Å². The Hall–Kier alpha value is -0.800. The monoisotopic (exact) mass is 195 g/mol. The van der Waals surface area contributed by atoms with Crippen LogP contribution >= 0.6 is 0 Å². The molecule has 0 aliphatic carbocycles. The third-order valence-electron chi connectivity index (χ3n) is 3.11. The van der Waals surface area contributed by atoms with Crippen LogP contribution in [0.25, 0.3) is 0 Å². The summed E-state index contributed by atoms with van der Waals surface area (Å²) >= 11 is 0. The normalized spacial score (nSPS) is 29.3. The Morgan fingerprint density at radius 1 is 1.64 bits per heavy atom. The molecule has 2 rings (SSSR count). The molecule has 0 aromatic carbocycles. The van der Waals surface area contributed by atoms with Crippen molar-refractivity contribution in [2.45, 2.75) is 18.9 Å². The van der Waals surface area contributed by atoms with Crippen molar-refractivity contribution >= 4 is 0 Å². The number of aliphatic hydroxyl groups is 1. The fourth-order valence-corrected chi connectivity index (χ4v) is 2.14. The summed E-state index contributed by atoms with van der Waals surface area (Å²) in [6.07, 6.45) is 3.80. The molecule has 1 aliphatic rings. The van der Waals surface area contributed by atoms with Gasteiger partial charge in [-0.2, -0.15) is 0 Å². The second-order valence-electron chi connectivity index (χ2n) is 4.08. The molecular weight excluding hydrogens is 178 g/mol. The molecule has 0 radical (unpaired) electrons. The molecule has 1 N–H and O–H groups in total. The van der Waals surface area contributed by atoms with E-state index >= 15 is 0 Å². The number of piperidine rings is 1. The molecule has 1 aromatic heterocycles. The van der Waals surface area contributed by atoms with Crippen molar-refractivity contribution in [3.8, 4) is 0 Å². The minimum Gasteiger partial charge on any atom is -0.468 e. The van der Waals surface area contributed by atoms with Crippen molar-refractivity contribution < 1.29 is 9.52 Å². The van der Waals surface area contributed by atoms with Crippen molar-refractivity contribution in [2.24, 2.45) is 5.92 Å². The van der Waals surface area contributed by atoms with Crippen LogP contribution in [0.15, 0.2) is 22.8 Å². The van der Waals surface area contributed by atoms with Gasteiger partial charge >= 0.3 is 0 Å². The molecule has 14 heavy (non-hydrogen) atoms. The number of rotatable bonds is 2. The molecule has 3 nitrogen and oxygen atoms in total. The van der Waals surface area contributed by atoms with Gasteiger partial charge in [0.15, 0.2) is 0 Å². The lowest BCUT2D eigenvalue weighted by atomic mass is 9.91. The van der Waals surface area contributed by atoms with Gasteiger partial charge in [0.05, 0.1) is 12.3 Å². The Morgan fingerprint density at radius 3 is 3.14 bits per heavy atom. The van der Waals surface area contributed by atoms with Crippen LogP contribution in [0.2, 0.25) is 0 Å². The van der Waals surface area contributed by atoms with Gasteiger partial charge in [0.25, 0.3) is 0 Å². The molecule has 78 valence electrons. The lowest BCUT2D eigenvalue weighted by Crippen LogP contribution is -2.34. The average molecular weight is 195 g/mol. The highest BCUT2D eigenvalue weighted by molar-refractivity contribution is 5.06. The van der Waals surface area contributed by atoms with E-state index in [2.05, 4.69) is 11.9 Å². The second-order valence-corrected chi connectivity index (χ2v) is 4.08. The molecule has 1 aliphatic heterocycles. The Labute approximate surface area is 84.3 Å². The largest absolute Gasteiger partial charge is 0.468 e. The first-order valence-electron chi connectivity index (χ1n) is 5.15. The van der Waals surface area contributed by atoms with Gasteiger partial charge in [-0.05, 0) is 44.5 Å². The van der Waals surface area contributed by atoms with Gasteiger partial charge in [-0.15, -0.1) is 0 Å². The number of likely N-dealkylation sites (tertiary alicyclic amines) is 1. The van der Waals surface area contributed by atoms with E-state index in [9.17, 15) is 0 Å². The summed E-state index contributed by atoms with van der Waals surface area (Å²) in [4.78, 5) is 2.30. The number of hydrogen-bond donors (Lipinski definition) is 1. The molecule has 1 saturated heterocycles. The first-order valence-corrected chi connectivity index (χ1v) is 5.15. The van der Waals surface area contributed by atoms with Crippen molar-refractivity contribution in [1.29, 1.82) is 0 Å². The van der Waals surface area contributed by atoms with E-state index in [1.807, 2.05) is 12.1 Å². The highest BCUT2D eigenvalue weighted by atomic mass is 16.3. The van der Waals surface area contributed by atoms with Gasteiger partial charge in [0.1, 0.15) is 5.76 Å². The zero-order valence-corrected chi connectivity index (χ0v) is 8.52. The molecule has 2 atom stereocenters. The average Bonchev–Trinajstić information content (AvgIpc) is 2.71. The molecule has 0 amide bonds. The van der Waals surface area contributed by atoms with Gasteiger partial charge in [0, 0.05) is 6.61 Å². The van der Waals surface area contributed by atoms with E-state index in [0.29, 0.717) is 18.6 Å². The maximum atomic E-state index is 9.14. The molecule has 0 spiro atoms. The van der Waals surface area contributed by atoms with Crippen molar-refractivity contribution in [2.75, 3.05) is 20.2 Å². The highest BCUT2D eigenvalue weighted by Gasteiger charge is 2.28. The minimum absolute atomic E-state index is 0.297. The number of furan rings is 1. The molecule has 1 fully saturated rings. The van der Waals surface area contributed by atoms with E-state index in [-0.39, 0.29) is 0 Å². The number of aliphatic hydroxyl groups excluding tert-OH is 1. The van der Waals surface area contributed by atoms with Crippen LogP contribution in [0, 0.1) is 5.92 Å². The van der Waals surface area contributed by atoms with Crippen molar-refractivity contribution in [1.82, 2.24) is 4.90 Å². The highest BCUT2D eigenvalue weighted by Crippen LogP contribution is 2.32. The van der Waals surface area contributed by atoms with Crippen molar-refractivity contribution in [3.05, 3.63) is 24.2 Å². The van der Waals surface area contributed by atoms with E-state index in [1.165, 1.54) is 0 Å². The molecule has 2 heterocycles. The van der Waals surface area contributed by atoms with Gasteiger partial charge in [-0.3, -0.25) is 4.90 Å². The van der Waals surface area contributed by atoms with E-state index in [0.717, 1.165) is 25.1 Å². The predicted octanol–water partition coefficient (Wildman–Crippen LogP) is 1.65. The summed E-state index contributed by atoms with van der Waals surface area (Å²) in [7, 11) is 2.11.